The number of hydrogen-bond donors (Lipinski definition) is 1. The van der Waals surface area contributed by atoms with E-state index in [9.17, 15) is 14.4 Å². The summed E-state index contributed by atoms with van der Waals surface area (Å²) >= 11 is 0. The second-order valence-electron chi connectivity index (χ2n) is 9.12. The van der Waals surface area contributed by atoms with E-state index in [4.69, 9.17) is 9.47 Å². The van der Waals surface area contributed by atoms with Gasteiger partial charge in [0.25, 0.3) is 5.91 Å². The van der Waals surface area contributed by atoms with Gasteiger partial charge < -0.3 is 19.7 Å². The van der Waals surface area contributed by atoms with Crippen molar-refractivity contribution in [3.63, 3.8) is 0 Å². The lowest BCUT2D eigenvalue weighted by atomic mass is 9.96. The smallest absolute Gasteiger partial charge is 0.359 e. The van der Waals surface area contributed by atoms with Gasteiger partial charge in [0, 0.05) is 37.8 Å². The van der Waals surface area contributed by atoms with E-state index >= 15 is 0 Å². The lowest BCUT2D eigenvalue weighted by Gasteiger charge is -2.41. The highest BCUT2D eigenvalue weighted by Gasteiger charge is 2.40. The van der Waals surface area contributed by atoms with Crippen LogP contribution in [0.2, 0.25) is 0 Å². The van der Waals surface area contributed by atoms with Crippen LogP contribution in [0.25, 0.3) is 5.69 Å². The third-order valence-electron chi connectivity index (χ3n) is 7.24. The van der Waals surface area contributed by atoms with Gasteiger partial charge >= 0.3 is 5.97 Å². The highest BCUT2D eigenvalue weighted by molar-refractivity contribution is 6.00. The summed E-state index contributed by atoms with van der Waals surface area (Å²) in [6.07, 6.45) is 3.00. The van der Waals surface area contributed by atoms with E-state index in [-0.39, 0.29) is 36.2 Å². The molecule has 2 saturated heterocycles. The first-order chi connectivity index (χ1) is 17.0. The fraction of sp³-hybridized carbons (Fsp3) is 0.520. The molecule has 4 heterocycles. The number of ether oxygens (including phenoxy) is 2. The Balaban J connectivity index is 1.41. The SMILES string of the molecule is CCOC(=O)c1nn(-c2ccc(OC)cc2)c2c1CCN(C1CCN(C3CCNC3=O)CC1)C2=O. The molecule has 10 nitrogen and oxygen atoms in total. The van der Waals surface area contributed by atoms with Crippen LogP contribution in [0.15, 0.2) is 24.3 Å². The van der Waals surface area contributed by atoms with E-state index in [2.05, 4.69) is 15.3 Å². The van der Waals surface area contributed by atoms with Crippen LogP contribution in [0.3, 0.4) is 0 Å². The first kappa shape index (κ1) is 23.3. The van der Waals surface area contributed by atoms with E-state index in [1.807, 2.05) is 17.0 Å². The van der Waals surface area contributed by atoms with Gasteiger partial charge in [0.05, 0.1) is 25.4 Å². The van der Waals surface area contributed by atoms with Crippen molar-refractivity contribution in [3.05, 3.63) is 41.2 Å². The van der Waals surface area contributed by atoms with Crippen LogP contribution in [-0.4, -0.2) is 89.3 Å². The molecule has 35 heavy (non-hydrogen) atoms. The van der Waals surface area contributed by atoms with Gasteiger partial charge in [0.1, 0.15) is 11.4 Å². The van der Waals surface area contributed by atoms with Crippen molar-refractivity contribution < 1.29 is 23.9 Å². The van der Waals surface area contributed by atoms with Gasteiger partial charge in [-0.25, -0.2) is 9.48 Å². The summed E-state index contributed by atoms with van der Waals surface area (Å²) < 4.78 is 12.0. The minimum absolute atomic E-state index is 0.0525. The molecule has 2 amide bonds. The maximum Gasteiger partial charge on any atom is 0.359 e. The van der Waals surface area contributed by atoms with Crippen LogP contribution in [-0.2, 0) is 16.0 Å². The van der Waals surface area contributed by atoms with Gasteiger partial charge in [-0.15, -0.1) is 0 Å². The lowest BCUT2D eigenvalue weighted by molar-refractivity contribution is -0.124. The van der Waals surface area contributed by atoms with Gasteiger partial charge in [-0.1, -0.05) is 0 Å². The van der Waals surface area contributed by atoms with E-state index in [0.29, 0.717) is 35.7 Å². The Morgan fingerprint density at radius 3 is 2.49 bits per heavy atom. The van der Waals surface area contributed by atoms with E-state index in [0.717, 1.165) is 38.9 Å². The van der Waals surface area contributed by atoms with Crippen LogP contribution in [0.5, 0.6) is 5.75 Å². The summed E-state index contributed by atoms with van der Waals surface area (Å²) in [5, 5.41) is 7.45. The topological polar surface area (TPSA) is 106 Å². The van der Waals surface area contributed by atoms with Crippen molar-refractivity contribution in [2.45, 2.75) is 44.7 Å². The normalized spacial score (nSPS) is 21.1. The van der Waals surface area contributed by atoms with Crippen LogP contribution >= 0.6 is 0 Å². The summed E-state index contributed by atoms with van der Waals surface area (Å²) in [6, 6.07) is 7.27. The predicted molar refractivity (Wildman–Crippen MR) is 127 cm³/mol. The van der Waals surface area contributed by atoms with Gasteiger partial charge in [0.2, 0.25) is 5.91 Å². The Hall–Kier alpha value is -3.40. The Bertz CT molecular complexity index is 1120. The molecule has 3 aliphatic rings. The second-order valence-corrected chi connectivity index (χ2v) is 9.12. The lowest BCUT2D eigenvalue weighted by Crippen LogP contribution is -2.53. The largest absolute Gasteiger partial charge is 0.497 e. The predicted octanol–water partition coefficient (Wildman–Crippen LogP) is 1.41. The molecule has 5 rings (SSSR count). The Morgan fingerprint density at radius 1 is 1.11 bits per heavy atom. The number of likely N-dealkylation sites (tertiary alicyclic amines) is 1. The molecule has 1 atom stereocenters. The Labute approximate surface area is 204 Å². The van der Waals surface area contributed by atoms with E-state index in [1.165, 1.54) is 0 Å². The van der Waals surface area contributed by atoms with Crippen molar-refractivity contribution in [3.8, 4) is 11.4 Å². The molecule has 1 N–H and O–H groups in total. The number of fused-ring (bicyclic) bond motifs is 1. The number of methoxy groups -OCH3 is 1. The summed E-state index contributed by atoms with van der Waals surface area (Å²) in [7, 11) is 1.59. The monoisotopic (exact) mass is 481 g/mol. The van der Waals surface area contributed by atoms with Crippen molar-refractivity contribution in [2.24, 2.45) is 0 Å². The Kier molecular flexibility index (Phi) is 6.46. The highest BCUT2D eigenvalue weighted by Crippen LogP contribution is 2.30. The van der Waals surface area contributed by atoms with Crippen LogP contribution in [0.1, 0.15) is 52.7 Å². The molecule has 186 valence electrons. The molecule has 2 aromatic rings. The van der Waals surface area contributed by atoms with Gasteiger partial charge in [0.15, 0.2) is 5.69 Å². The van der Waals surface area contributed by atoms with Crippen molar-refractivity contribution in [1.29, 1.82) is 0 Å². The number of rotatable bonds is 6. The third-order valence-corrected chi connectivity index (χ3v) is 7.24. The number of aromatic nitrogens is 2. The number of carbonyl (C=O) groups is 3. The second kappa shape index (κ2) is 9.69. The van der Waals surface area contributed by atoms with Crippen molar-refractivity contribution >= 4 is 17.8 Å². The quantitative estimate of drug-likeness (QED) is 0.622. The van der Waals surface area contributed by atoms with Crippen molar-refractivity contribution in [1.82, 2.24) is 24.9 Å². The summed E-state index contributed by atoms with van der Waals surface area (Å²) in [6.45, 7) is 4.81. The highest BCUT2D eigenvalue weighted by atomic mass is 16.5. The first-order valence-electron chi connectivity index (χ1n) is 12.3. The molecule has 10 heteroatoms. The zero-order valence-corrected chi connectivity index (χ0v) is 20.2. The van der Waals surface area contributed by atoms with Gasteiger partial charge in [-0.2, -0.15) is 5.10 Å². The fourth-order valence-corrected chi connectivity index (χ4v) is 5.44. The molecule has 1 aromatic heterocycles. The molecule has 1 unspecified atom stereocenters. The maximum absolute atomic E-state index is 13.8. The van der Waals surface area contributed by atoms with Crippen LogP contribution in [0.4, 0.5) is 0 Å². The number of benzene rings is 1. The molecule has 0 bridgehead atoms. The van der Waals surface area contributed by atoms with E-state index in [1.54, 1.807) is 30.8 Å². The summed E-state index contributed by atoms with van der Waals surface area (Å²) in [5.74, 6) is 0.163. The maximum atomic E-state index is 13.8. The number of esters is 1. The minimum atomic E-state index is -0.514. The molecular weight excluding hydrogens is 450 g/mol. The molecule has 0 aliphatic carbocycles. The number of amides is 2. The standard InChI is InChI=1S/C25H31N5O5/c1-3-35-25(33)21-19-11-15-29(16-9-13-28(14-10-16)20-8-12-26-23(20)31)24(32)22(19)30(27-21)17-4-6-18(34-2)7-5-17/h4-7,16,20H,3,8-15H2,1-2H3,(H,26,31). The number of hydrogen-bond acceptors (Lipinski definition) is 7. The molecule has 1 aromatic carbocycles. The van der Waals surface area contributed by atoms with E-state index < -0.39 is 5.97 Å². The zero-order chi connectivity index (χ0) is 24.5. The number of piperidine rings is 1. The molecule has 0 saturated carbocycles. The van der Waals surface area contributed by atoms with Gasteiger partial charge in [-0.05, 0) is 56.9 Å². The Morgan fingerprint density at radius 2 is 1.86 bits per heavy atom. The average molecular weight is 482 g/mol. The molecule has 2 fully saturated rings. The molecular formula is C25H31N5O5. The minimum Gasteiger partial charge on any atom is -0.497 e. The molecule has 0 radical (unpaired) electrons. The average Bonchev–Trinajstić information content (AvgIpc) is 3.49. The number of carbonyl (C=O) groups excluding carboxylic acids is 3. The summed E-state index contributed by atoms with van der Waals surface area (Å²) in [4.78, 5) is 42.7. The number of nitrogens with one attached hydrogen (secondary N) is 1. The summed E-state index contributed by atoms with van der Waals surface area (Å²) in [5.41, 5.74) is 1.94. The molecule has 3 aliphatic heterocycles. The zero-order valence-electron chi connectivity index (χ0n) is 20.2. The van der Waals surface area contributed by atoms with Crippen LogP contribution < -0.4 is 10.1 Å². The number of nitrogens with zero attached hydrogens (tertiary/aromatic N) is 4. The molecule has 0 spiro atoms. The van der Waals surface area contributed by atoms with Crippen molar-refractivity contribution in [2.75, 3.05) is 39.9 Å². The fourth-order valence-electron chi connectivity index (χ4n) is 5.44. The third kappa shape index (κ3) is 4.27. The van der Waals surface area contributed by atoms with Gasteiger partial charge in [-0.3, -0.25) is 14.5 Å². The van der Waals surface area contributed by atoms with Crippen LogP contribution in [0, 0.1) is 0 Å². The first-order valence-corrected chi connectivity index (χ1v) is 12.3.